The predicted molar refractivity (Wildman–Crippen MR) is 140 cm³/mol. The summed E-state index contributed by atoms with van der Waals surface area (Å²) in [6.07, 6.45) is 3.77. The molecule has 5 rings (SSSR count). The summed E-state index contributed by atoms with van der Waals surface area (Å²) >= 11 is 6.31. The second-order valence-corrected chi connectivity index (χ2v) is 9.51. The zero-order valence-electron chi connectivity index (χ0n) is 19.7. The third-order valence-corrected chi connectivity index (χ3v) is 7.15. The van der Waals surface area contributed by atoms with Crippen molar-refractivity contribution in [2.45, 2.75) is 19.3 Å². The van der Waals surface area contributed by atoms with Gasteiger partial charge in [0.25, 0.3) is 5.56 Å². The molecule has 2 heterocycles. The van der Waals surface area contributed by atoms with Crippen LogP contribution in [0.3, 0.4) is 0 Å². The SMILES string of the molecule is Cc1ccc(C(C)(c2ccc3c(c2)c(-c2cccc(Cl)c2)cc(=O)n3C)c2cncn2C)cc1. The first kappa shape index (κ1) is 22.2. The Hall–Kier alpha value is -3.63. The van der Waals surface area contributed by atoms with E-state index >= 15 is 0 Å². The average Bonchev–Trinajstić information content (AvgIpc) is 3.27. The fourth-order valence-electron chi connectivity index (χ4n) is 4.86. The molecule has 0 amide bonds. The van der Waals surface area contributed by atoms with E-state index in [1.807, 2.05) is 57.0 Å². The number of aryl methyl sites for hydroxylation is 3. The maximum absolute atomic E-state index is 12.8. The summed E-state index contributed by atoms with van der Waals surface area (Å²) in [7, 11) is 3.84. The van der Waals surface area contributed by atoms with Crippen molar-refractivity contribution < 1.29 is 0 Å². The number of nitrogens with zero attached hydrogens (tertiary/aromatic N) is 3. The maximum Gasteiger partial charge on any atom is 0.251 e. The monoisotopic (exact) mass is 467 g/mol. The molecule has 0 radical (unpaired) electrons. The Labute approximate surface area is 204 Å². The van der Waals surface area contributed by atoms with Gasteiger partial charge in [-0.15, -0.1) is 0 Å². The second kappa shape index (κ2) is 8.30. The first-order valence-electron chi connectivity index (χ1n) is 11.2. The van der Waals surface area contributed by atoms with E-state index in [0.29, 0.717) is 5.02 Å². The van der Waals surface area contributed by atoms with E-state index in [-0.39, 0.29) is 5.56 Å². The van der Waals surface area contributed by atoms with Crippen LogP contribution in [0.5, 0.6) is 0 Å². The molecule has 0 saturated carbocycles. The lowest BCUT2D eigenvalue weighted by Gasteiger charge is -2.32. The van der Waals surface area contributed by atoms with Gasteiger partial charge in [-0.2, -0.15) is 0 Å². The smallest absolute Gasteiger partial charge is 0.251 e. The van der Waals surface area contributed by atoms with Gasteiger partial charge in [-0.1, -0.05) is 59.6 Å². The molecule has 1 unspecified atom stereocenters. The molecule has 0 bridgehead atoms. The fourth-order valence-corrected chi connectivity index (χ4v) is 5.05. The summed E-state index contributed by atoms with van der Waals surface area (Å²) in [5.74, 6) is 0. The number of fused-ring (bicyclic) bond motifs is 1. The molecule has 3 aromatic carbocycles. The molecule has 0 N–H and O–H groups in total. The van der Waals surface area contributed by atoms with E-state index in [1.165, 1.54) is 11.1 Å². The van der Waals surface area contributed by atoms with Gasteiger partial charge in [0.1, 0.15) is 0 Å². The summed E-state index contributed by atoms with van der Waals surface area (Å²) < 4.78 is 3.77. The maximum atomic E-state index is 12.8. The topological polar surface area (TPSA) is 39.8 Å². The van der Waals surface area contributed by atoms with E-state index in [1.54, 1.807) is 10.6 Å². The highest BCUT2D eigenvalue weighted by Crippen LogP contribution is 2.41. The molecule has 5 heteroatoms. The average molecular weight is 468 g/mol. The zero-order valence-corrected chi connectivity index (χ0v) is 20.5. The Kier molecular flexibility index (Phi) is 5.41. The van der Waals surface area contributed by atoms with Gasteiger partial charge >= 0.3 is 0 Å². The molecular weight excluding hydrogens is 442 g/mol. The van der Waals surface area contributed by atoms with Crippen molar-refractivity contribution in [3.05, 3.63) is 123 Å². The third-order valence-electron chi connectivity index (χ3n) is 6.92. The number of imidazole rings is 1. The highest BCUT2D eigenvalue weighted by Gasteiger charge is 2.34. The molecule has 0 fully saturated rings. The number of pyridine rings is 1. The van der Waals surface area contributed by atoms with Crippen molar-refractivity contribution in [3.8, 4) is 11.1 Å². The third kappa shape index (κ3) is 3.55. The first-order valence-corrected chi connectivity index (χ1v) is 11.6. The molecular formula is C29H26ClN3O. The number of hydrogen-bond acceptors (Lipinski definition) is 2. The van der Waals surface area contributed by atoms with E-state index in [4.69, 9.17) is 11.6 Å². The number of aromatic nitrogens is 3. The van der Waals surface area contributed by atoms with E-state index in [0.717, 1.165) is 33.3 Å². The quantitative estimate of drug-likeness (QED) is 0.313. The van der Waals surface area contributed by atoms with Gasteiger partial charge in [-0.3, -0.25) is 4.79 Å². The van der Waals surface area contributed by atoms with Crippen molar-refractivity contribution in [1.29, 1.82) is 0 Å². The van der Waals surface area contributed by atoms with Crippen molar-refractivity contribution in [3.63, 3.8) is 0 Å². The molecule has 0 aliphatic heterocycles. The molecule has 0 aliphatic carbocycles. The van der Waals surface area contributed by atoms with Crippen LogP contribution in [0.4, 0.5) is 0 Å². The minimum absolute atomic E-state index is 0.0526. The van der Waals surface area contributed by atoms with E-state index < -0.39 is 5.41 Å². The van der Waals surface area contributed by atoms with Crippen LogP contribution in [0.15, 0.2) is 90.1 Å². The van der Waals surface area contributed by atoms with Crippen LogP contribution in [0.1, 0.15) is 29.3 Å². The van der Waals surface area contributed by atoms with Crippen LogP contribution < -0.4 is 5.56 Å². The van der Waals surface area contributed by atoms with Gasteiger partial charge in [0.05, 0.1) is 23.0 Å². The van der Waals surface area contributed by atoms with Crippen LogP contribution in [-0.2, 0) is 19.5 Å². The normalized spacial score (nSPS) is 13.2. The molecule has 5 aromatic rings. The standard InChI is InChI=1S/C29H26ClN3O/c1-19-8-10-21(11-9-19)29(2,27-17-31-18-32(27)3)22-12-13-26-25(15-22)24(16-28(34)33(26)4)20-6-5-7-23(30)14-20/h5-18H,1-4H3. The Bertz CT molecular complexity index is 1580. The minimum atomic E-state index is -0.451. The molecule has 0 aliphatic rings. The van der Waals surface area contributed by atoms with Gasteiger partial charge in [0.2, 0.25) is 0 Å². The minimum Gasteiger partial charge on any atom is -0.337 e. The largest absolute Gasteiger partial charge is 0.337 e. The van der Waals surface area contributed by atoms with Crippen molar-refractivity contribution in [2.75, 3.05) is 0 Å². The van der Waals surface area contributed by atoms with Crippen LogP contribution in [0, 0.1) is 6.92 Å². The highest BCUT2D eigenvalue weighted by molar-refractivity contribution is 6.30. The summed E-state index contributed by atoms with van der Waals surface area (Å²) in [5.41, 5.74) is 6.77. The molecule has 1 atom stereocenters. The zero-order chi connectivity index (χ0) is 24.0. The van der Waals surface area contributed by atoms with E-state index in [2.05, 4.69) is 59.8 Å². The van der Waals surface area contributed by atoms with Gasteiger partial charge in [0, 0.05) is 36.8 Å². The second-order valence-electron chi connectivity index (χ2n) is 9.08. The Morgan fingerprint density at radius 3 is 2.32 bits per heavy atom. The van der Waals surface area contributed by atoms with Gasteiger partial charge in [0.15, 0.2) is 0 Å². The Balaban J connectivity index is 1.84. The van der Waals surface area contributed by atoms with Gasteiger partial charge < -0.3 is 9.13 Å². The lowest BCUT2D eigenvalue weighted by Crippen LogP contribution is -2.28. The molecule has 4 nitrogen and oxygen atoms in total. The summed E-state index contributed by atoms with van der Waals surface area (Å²) in [4.78, 5) is 17.2. The van der Waals surface area contributed by atoms with Gasteiger partial charge in [-0.05, 0) is 60.4 Å². The summed E-state index contributed by atoms with van der Waals surface area (Å²) in [6.45, 7) is 4.33. The Morgan fingerprint density at radius 1 is 0.912 bits per heavy atom. The predicted octanol–water partition coefficient (Wildman–Crippen LogP) is 6.26. The van der Waals surface area contributed by atoms with Crippen LogP contribution in [0.2, 0.25) is 5.02 Å². The fraction of sp³-hybridized carbons (Fsp3) is 0.172. The van der Waals surface area contributed by atoms with Crippen LogP contribution >= 0.6 is 11.6 Å². The molecule has 34 heavy (non-hydrogen) atoms. The highest BCUT2D eigenvalue weighted by atomic mass is 35.5. The summed E-state index contributed by atoms with van der Waals surface area (Å²) in [5, 5.41) is 1.64. The molecule has 2 aromatic heterocycles. The number of benzene rings is 3. The first-order chi connectivity index (χ1) is 16.3. The number of halogens is 1. The van der Waals surface area contributed by atoms with Gasteiger partial charge in [-0.25, -0.2) is 4.98 Å². The molecule has 0 saturated heterocycles. The van der Waals surface area contributed by atoms with Crippen molar-refractivity contribution in [2.24, 2.45) is 14.1 Å². The van der Waals surface area contributed by atoms with E-state index in [9.17, 15) is 4.79 Å². The Morgan fingerprint density at radius 2 is 1.65 bits per heavy atom. The van der Waals surface area contributed by atoms with Crippen LogP contribution in [0.25, 0.3) is 22.0 Å². The number of hydrogen-bond donors (Lipinski definition) is 0. The lowest BCUT2D eigenvalue weighted by molar-refractivity contribution is 0.626. The number of rotatable bonds is 4. The molecule has 0 spiro atoms. The molecule has 170 valence electrons. The summed E-state index contributed by atoms with van der Waals surface area (Å²) in [6, 6.07) is 24.4. The van der Waals surface area contributed by atoms with Crippen molar-refractivity contribution >= 4 is 22.5 Å². The van der Waals surface area contributed by atoms with Crippen LogP contribution in [-0.4, -0.2) is 14.1 Å². The lowest BCUT2D eigenvalue weighted by atomic mass is 9.73. The van der Waals surface area contributed by atoms with Crippen molar-refractivity contribution in [1.82, 2.24) is 14.1 Å².